The molecule has 20 heteroatoms. The van der Waals surface area contributed by atoms with E-state index in [0.29, 0.717) is 11.8 Å². The minimum Gasteiger partial charge on any atom is -0.362 e. The lowest BCUT2D eigenvalue weighted by atomic mass is 10.2. The minimum atomic E-state index is -4.66. The molecule has 4 aromatic rings. The third-order valence-electron chi connectivity index (χ3n) is 8.62. The molecule has 0 radical (unpaired) electrons. The number of aromatic nitrogens is 4. The van der Waals surface area contributed by atoms with Gasteiger partial charge in [-0.15, -0.1) is 5.10 Å². The molecule has 2 saturated heterocycles. The summed E-state index contributed by atoms with van der Waals surface area (Å²) in [6.07, 6.45) is -4.50. The van der Waals surface area contributed by atoms with Crippen LogP contribution in [0.25, 0.3) is 5.78 Å². The van der Waals surface area contributed by atoms with Crippen molar-refractivity contribution in [3.8, 4) is 0 Å². The van der Waals surface area contributed by atoms with Crippen LogP contribution in [0.4, 0.5) is 43.7 Å². The standard InChI is InChI=1S/C32H30ClF6N9O4/c1-2-23-26(45-11-9-44(10-12-45)25(50)14-40-27(51)19-5-3-4-6-21(19)34)28(52)48-30(42-29(43-48)46-16-31(35,36)17-46)47(23)15-24(49)41-22-8-7-18(13-20(22)33)32(37,38)39/h3-8,13H,2,9-12,14-17H2,1H3,(H,40,51)(H,41,49). The Kier molecular flexibility index (Phi) is 9.82. The van der Waals surface area contributed by atoms with Gasteiger partial charge in [0.15, 0.2) is 0 Å². The zero-order valence-electron chi connectivity index (χ0n) is 27.3. The number of alkyl halides is 5. The second kappa shape index (κ2) is 14.0. The van der Waals surface area contributed by atoms with Gasteiger partial charge in [0.05, 0.1) is 47.2 Å². The van der Waals surface area contributed by atoms with Crippen LogP contribution in [0.15, 0.2) is 47.3 Å². The van der Waals surface area contributed by atoms with Crippen LogP contribution >= 0.6 is 11.6 Å². The summed E-state index contributed by atoms with van der Waals surface area (Å²) >= 11 is 6.04. The second-order valence-corrected chi connectivity index (χ2v) is 12.6. The number of hydrogen-bond donors (Lipinski definition) is 2. The van der Waals surface area contributed by atoms with Crippen LogP contribution in [0.1, 0.15) is 28.5 Å². The fourth-order valence-corrected chi connectivity index (χ4v) is 6.25. The van der Waals surface area contributed by atoms with Crippen molar-refractivity contribution in [3.63, 3.8) is 0 Å². The molecule has 13 nitrogen and oxygen atoms in total. The first-order valence-electron chi connectivity index (χ1n) is 15.9. The Morgan fingerprint density at radius 1 is 1.00 bits per heavy atom. The highest BCUT2D eigenvalue weighted by atomic mass is 35.5. The zero-order chi connectivity index (χ0) is 37.5. The van der Waals surface area contributed by atoms with Crippen molar-refractivity contribution < 1.29 is 40.7 Å². The maximum absolute atomic E-state index is 14.0. The average Bonchev–Trinajstić information content (AvgIpc) is 3.53. The number of rotatable bonds is 9. The maximum atomic E-state index is 14.0. The van der Waals surface area contributed by atoms with Crippen LogP contribution in [0.3, 0.4) is 0 Å². The molecule has 0 atom stereocenters. The predicted octanol–water partition coefficient (Wildman–Crippen LogP) is 3.44. The van der Waals surface area contributed by atoms with Crippen molar-refractivity contribution in [2.75, 3.05) is 60.9 Å². The molecule has 2 aliphatic rings. The van der Waals surface area contributed by atoms with E-state index in [1.54, 1.807) is 11.8 Å². The van der Waals surface area contributed by atoms with Gasteiger partial charge in [0.2, 0.25) is 23.5 Å². The number of piperazine rings is 1. The summed E-state index contributed by atoms with van der Waals surface area (Å²) in [6, 6.07) is 7.74. The molecule has 6 rings (SSSR count). The molecule has 0 unspecified atom stereocenters. The topological polar surface area (TPSA) is 137 Å². The van der Waals surface area contributed by atoms with Crippen LogP contribution in [-0.4, -0.2) is 93.5 Å². The second-order valence-electron chi connectivity index (χ2n) is 12.1. The largest absolute Gasteiger partial charge is 0.416 e. The van der Waals surface area contributed by atoms with Crippen molar-refractivity contribution in [1.82, 2.24) is 29.4 Å². The first kappa shape index (κ1) is 36.5. The van der Waals surface area contributed by atoms with E-state index < -0.39 is 72.9 Å². The highest BCUT2D eigenvalue weighted by Gasteiger charge is 2.46. The molecular formula is C32H30ClF6N9O4. The van der Waals surface area contributed by atoms with Crippen LogP contribution in [-0.2, 0) is 28.7 Å². The fraction of sp³-hybridized carbons (Fsp3) is 0.375. The average molecular weight is 754 g/mol. The van der Waals surface area contributed by atoms with E-state index in [9.17, 15) is 45.5 Å². The molecule has 2 N–H and O–H groups in total. The first-order valence-corrected chi connectivity index (χ1v) is 16.3. The molecule has 0 saturated carbocycles. The van der Waals surface area contributed by atoms with Crippen LogP contribution in [0.2, 0.25) is 5.02 Å². The number of anilines is 3. The molecule has 276 valence electrons. The Balaban J connectivity index is 1.25. The van der Waals surface area contributed by atoms with E-state index in [4.69, 9.17) is 11.6 Å². The van der Waals surface area contributed by atoms with Crippen LogP contribution in [0, 0.1) is 5.82 Å². The van der Waals surface area contributed by atoms with Crippen molar-refractivity contribution >= 4 is 52.4 Å². The van der Waals surface area contributed by atoms with Gasteiger partial charge in [-0.3, -0.25) is 19.2 Å². The number of nitrogens with zero attached hydrogens (tertiary/aromatic N) is 7. The molecule has 2 aromatic carbocycles. The van der Waals surface area contributed by atoms with Gasteiger partial charge in [-0.2, -0.15) is 22.7 Å². The van der Waals surface area contributed by atoms with E-state index in [-0.39, 0.29) is 66.3 Å². The predicted molar refractivity (Wildman–Crippen MR) is 176 cm³/mol. The Morgan fingerprint density at radius 2 is 1.69 bits per heavy atom. The van der Waals surface area contributed by atoms with Crippen LogP contribution in [0.5, 0.6) is 0 Å². The van der Waals surface area contributed by atoms with Crippen LogP contribution < -0.4 is 26.0 Å². The van der Waals surface area contributed by atoms with Crippen molar-refractivity contribution in [2.24, 2.45) is 0 Å². The van der Waals surface area contributed by atoms with Gasteiger partial charge in [-0.1, -0.05) is 30.7 Å². The molecule has 2 aliphatic heterocycles. The molecule has 2 fully saturated rings. The van der Waals surface area contributed by atoms with Gasteiger partial charge >= 0.3 is 6.18 Å². The number of amides is 3. The van der Waals surface area contributed by atoms with Gasteiger partial charge < -0.3 is 29.9 Å². The van der Waals surface area contributed by atoms with Gasteiger partial charge in [-0.05, 0) is 36.8 Å². The maximum Gasteiger partial charge on any atom is 0.416 e. The summed E-state index contributed by atoms with van der Waals surface area (Å²) in [5, 5.41) is 8.70. The van der Waals surface area contributed by atoms with E-state index in [1.165, 1.54) is 32.6 Å². The third kappa shape index (κ3) is 7.35. The monoisotopic (exact) mass is 753 g/mol. The van der Waals surface area contributed by atoms with Gasteiger partial charge in [0.1, 0.15) is 18.0 Å². The zero-order valence-corrected chi connectivity index (χ0v) is 28.1. The van der Waals surface area contributed by atoms with Gasteiger partial charge in [0, 0.05) is 26.2 Å². The Labute approximate surface area is 295 Å². The summed E-state index contributed by atoms with van der Waals surface area (Å²) in [4.78, 5) is 61.3. The molecular weight excluding hydrogens is 724 g/mol. The number of carbonyl (C=O) groups excluding carboxylic acids is 3. The summed E-state index contributed by atoms with van der Waals surface area (Å²) in [5.74, 6) is -5.98. The number of fused-ring (bicyclic) bond motifs is 1. The summed E-state index contributed by atoms with van der Waals surface area (Å²) in [6.45, 7) is -0.0817. The number of carbonyl (C=O) groups is 3. The van der Waals surface area contributed by atoms with Gasteiger partial charge in [0.25, 0.3) is 17.4 Å². The van der Waals surface area contributed by atoms with E-state index in [2.05, 4.69) is 20.7 Å². The molecule has 4 heterocycles. The molecule has 2 aromatic heterocycles. The lowest BCUT2D eigenvalue weighted by Crippen LogP contribution is -2.56. The van der Waals surface area contributed by atoms with E-state index in [0.717, 1.165) is 22.7 Å². The van der Waals surface area contributed by atoms with Crippen molar-refractivity contribution in [3.05, 3.63) is 80.5 Å². The number of halogens is 7. The highest BCUT2D eigenvalue weighted by molar-refractivity contribution is 6.33. The SMILES string of the molecule is CCc1c(N2CCN(C(=O)CNC(=O)c3ccccc3F)CC2)c(=O)n2nc(N3CC(F)(F)C3)nc2n1CC(=O)Nc1ccc(C(F)(F)F)cc1Cl. The molecule has 0 spiro atoms. The third-order valence-corrected chi connectivity index (χ3v) is 8.93. The Bertz CT molecular complexity index is 2110. The van der Waals surface area contributed by atoms with Crippen molar-refractivity contribution in [2.45, 2.75) is 32.0 Å². The Hall–Kier alpha value is -5.33. The molecule has 3 amide bonds. The first-order chi connectivity index (χ1) is 24.6. The lowest BCUT2D eigenvalue weighted by Gasteiger charge is -2.37. The smallest absolute Gasteiger partial charge is 0.362 e. The lowest BCUT2D eigenvalue weighted by molar-refractivity contribution is -0.137. The number of benzene rings is 2. The normalized spacial score (nSPS) is 15.8. The Morgan fingerprint density at radius 3 is 2.31 bits per heavy atom. The van der Waals surface area contributed by atoms with E-state index in [1.807, 2.05) is 0 Å². The summed E-state index contributed by atoms with van der Waals surface area (Å²) in [7, 11) is 0. The highest BCUT2D eigenvalue weighted by Crippen LogP contribution is 2.34. The van der Waals surface area contributed by atoms with Crippen molar-refractivity contribution in [1.29, 1.82) is 0 Å². The fourth-order valence-electron chi connectivity index (χ4n) is 6.02. The van der Waals surface area contributed by atoms with E-state index >= 15 is 0 Å². The molecule has 52 heavy (non-hydrogen) atoms. The summed E-state index contributed by atoms with van der Waals surface area (Å²) in [5.41, 5.74) is -1.56. The molecule has 0 bridgehead atoms. The molecule has 0 aliphatic carbocycles. The number of nitrogens with one attached hydrogen (secondary N) is 2. The summed E-state index contributed by atoms with van der Waals surface area (Å²) < 4.78 is 83.1. The minimum absolute atomic E-state index is 0.106. The quantitative estimate of drug-likeness (QED) is 0.248. The number of hydrogen-bond acceptors (Lipinski definition) is 8. The van der Waals surface area contributed by atoms with Gasteiger partial charge in [-0.25, -0.2) is 13.2 Å².